The zero-order valence-corrected chi connectivity index (χ0v) is 11.4. The van der Waals surface area contributed by atoms with Crippen LogP contribution in [0.1, 0.15) is 23.0 Å². The largest absolute Gasteiger partial charge is 0.440 e. The van der Waals surface area contributed by atoms with E-state index < -0.39 is 0 Å². The molecule has 0 aliphatic heterocycles. The highest BCUT2D eigenvalue weighted by atomic mass is 35.5. The molecule has 1 aromatic heterocycles. The van der Waals surface area contributed by atoms with E-state index in [9.17, 15) is 4.79 Å². The van der Waals surface area contributed by atoms with Crippen molar-refractivity contribution in [1.29, 1.82) is 0 Å². The van der Waals surface area contributed by atoms with Crippen LogP contribution >= 0.6 is 11.6 Å². The zero-order chi connectivity index (χ0) is 13.8. The zero-order valence-electron chi connectivity index (χ0n) is 10.6. The maximum atomic E-state index is 12.2. The van der Waals surface area contributed by atoms with Crippen LogP contribution in [0.3, 0.4) is 0 Å². The Kier molecular flexibility index (Phi) is 4.12. The number of benzene rings is 1. The number of carbonyl (C=O) groups is 1. The lowest BCUT2D eigenvalue weighted by molar-refractivity contribution is 0.0720. The highest BCUT2D eigenvalue weighted by Gasteiger charge is 2.17. The molecule has 2 aromatic rings. The number of anilines is 1. The lowest BCUT2D eigenvalue weighted by Gasteiger charge is -2.19. The second-order valence-corrected chi connectivity index (χ2v) is 4.54. The maximum Gasteiger partial charge on any atom is 0.289 e. The molecule has 5 heteroatoms. The van der Waals surface area contributed by atoms with Gasteiger partial charge in [-0.2, -0.15) is 0 Å². The Hall–Kier alpha value is -1.94. The summed E-state index contributed by atoms with van der Waals surface area (Å²) in [6, 6.07) is 10.6. The number of hydrogen-bond donors (Lipinski definition) is 1. The van der Waals surface area contributed by atoms with Gasteiger partial charge in [0.1, 0.15) is 0 Å². The first-order valence-corrected chi connectivity index (χ1v) is 6.37. The molecule has 0 bridgehead atoms. The first kappa shape index (κ1) is 13.5. The predicted molar refractivity (Wildman–Crippen MR) is 75.0 cm³/mol. The third-order valence-corrected chi connectivity index (χ3v) is 3.01. The van der Waals surface area contributed by atoms with Crippen LogP contribution in [0.5, 0.6) is 0 Å². The molecule has 0 aliphatic rings. The number of furan rings is 1. The molecular weight excluding hydrogens is 264 g/mol. The van der Waals surface area contributed by atoms with Crippen LogP contribution in [-0.2, 0) is 6.54 Å². The fourth-order valence-electron chi connectivity index (χ4n) is 1.76. The van der Waals surface area contributed by atoms with E-state index in [0.29, 0.717) is 18.8 Å². The molecule has 2 N–H and O–H groups in total. The van der Waals surface area contributed by atoms with Crippen LogP contribution in [0.4, 0.5) is 5.69 Å². The molecule has 100 valence electrons. The van der Waals surface area contributed by atoms with E-state index in [-0.39, 0.29) is 16.9 Å². The van der Waals surface area contributed by atoms with Crippen molar-refractivity contribution in [3.8, 4) is 0 Å². The SMILES string of the molecule is CCN(Cc1ccc(N)cc1)C(=O)c1ccc(Cl)o1. The van der Waals surface area contributed by atoms with Gasteiger partial charge in [0.2, 0.25) is 0 Å². The van der Waals surface area contributed by atoms with Gasteiger partial charge in [-0.25, -0.2) is 0 Å². The van der Waals surface area contributed by atoms with Gasteiger partial charge in [0.25, 0.3) is 5.91 Å². The van der Waals surface area contributed by atoms with Crippen LogP contribution in [0.15, 0.2) is 40.8 Å². The van der Waals surface area contributed by atoms with Crippen molar-refractivity contribution in [2.45, 2.75) is 13.5 Å². The summed E-state index contributed by atoms with van der Waals surface area (Å²) in [6.07, 6.45) is 0. The van der Waals surface area contributed by atoms with Crippen molar-refractivity contribution in [2.75, 3.05) is 12.3 Å². The van der Waals surface area contributed by atoms with Crippen LogP contribution in [0.25, 0.3) is 0 Å². The van der Waals surface area contributed by atoms with Gasteiger partial charge in [-0.15, -0.1) is 0 Å². The summed E-state index contributed by atoms with van der Waals surface area (Å²) in [4.78, 5) is 13.9. The molecule has 1 aromatic carbocycles. The fraction of sp³-hybridized carbons (Fsp3) is 0.214. The third kappa shape index (κ3) is 3.29. The van der Waals surface area contributed by atoms with Crippen molar-refractivity contribution in [3.63, 3.8) is 0 Å². The number of carbonyl (C=O) groups excluding carboxylic acids is 1. The number of amides is 1. The minimum Gasteiger partial charge on any atom is -0.440 e. The second kappa shape index (κ2) is 5.80. The molecule has 0 radical (unpaired) electrons. The molecule has 1 amide bonds. The lowest BCUT2D eigenvalue weighted by Crippen LogP contribution is -2.29. The fourth-order valence-corrected chi connectivity index (χ4v) is 1.90. The molecule has 19 heavy (non-hydrogen) atoms. The average molecular weight is 279 g/mol. The van der Waals surface area contributed by atoms with Crippen molar-refractivity contribution in [1.82, 2.24) is 4.90 Å². The first-order chi connectivity index (χ1) is 9.10. The molecule has 0 saturated carbocycles. The molecule has 2 rings (SSSR count). The second-order valence-electron chi connectivity index (χ2n) is 4.16. The van der Waals surface area contributed by atoms with E-state index in [1.807, 2.05) is 31.2 Å². The number of hydrogen-bond acceptors (Lipinski definition) is 3. The Morgan fingerprint density at radius 1 is 1.26 bits per heavy atom. The summed E-state index contributed by atoms with van der Waals surface area (Å²) < 4.78 is 5.14. The molecule has 0 fully saturated rings. The number of nitrogen functional groups attached to an aromatic ring is 1. The summed E-state index contributed by atoms with van der Waals surface area (Å²) in [5.74, 6) is 0.0773. The quantitative estimate of drug-likeness (QED) is 0.874. The average Bonchev–Trinajstić information content (AvgIpc) is 2.84. The van der Waals surface area contributed by atoms with E-state index in [1.165, 1.54) is 0 Å². The number of rotatable bonds is 4. The number of nitrogens with two attached hydrogens (primary N) is 1. The van der Waals surface area contributed by atoms with E-state index in [2.05, 4.69) is 0 Å². The topological polar surface area (TPSA) is 59.5 Å². The first-order valence-electron chi connectivity index (χ1n) is 5.99. The lowest BCUT2D eigenvalue weighted by atomic mass is 10.2. The summed E-state index contributed by atoms with van der Waals surface area (Å²) in [7, 11) is 0. The van der Waals surface area contributed by atoms with Gasteiger partial charge < -0.3 is 15.1 Å². The van der Waals surface area contributed by atoms with Crippen LogP contribution < -0.4 is 5.73 Å². The third-order valence-electron chi connectivity index (χ3n) is 2.81. The molecule has 0 unspecified atom stereocenters. The molecule has 0 atom stereocenters. The minimum absolute atomic E-state index is 0.175. The van der Waals surface area contributed by atoms with Crippen molar-refractivity contribution in [3.05, 3.63) is 52.9 Å². The van der Waals surface area contributed by atoms with E-state index >= 15 is 0 Å². The summed E-state index contributed by atoms with van der Waals surface area (Å²) in [6.45, 7) is 3.01. The standard InChI is InChI=1S/C14H15ClN2O2/c1-2-17(9-10-3-5-11(16)6-4-10)14(18)12-7-8-13(15)19-12/h3-8H,2,9,16H2,1H3. The van der Waals surface area contributed by atoms with Gasteiger partial charge in [-0.3, -0.25) is 4.79 Å². The van der Waals surface area contributed by atoms with Gasteiger partial charge in [-0.1, -0.05) is 12.1 Å². The van der Waals surface area contributed by atoms with E-state index in [4.69, 9.17) is 21.8 Å². The van der Waals surface area contributed by atoms with Crippen molar-refractivity contribution >= 4 is 23.2 Å². The highest BCUT2D eigenvalue weighted by Crippen LogP contribution is 2.16. The Morgan fingerprint density at radius 3 is 2.47 bits per heavy atom. The minimum atomic E-state index is -0.175. The van der Waals surface area contributed by atoms with Crippen molar-refractivity contribution < 1.29 is 9.21 Å². The Bertz CT molecular complexity index is 563. The predicted octanol–water partition coefficient (Wildman–Crippen LogP) is 3.18. The molecule has 0 spiro atoms. The molecule has 0 saturated heterocycles. The normalized spacial score (nSPS) is 10.4. The van der Waals surface area contributed by atoms with Gasteiger partial charge in [-0.05, 0) is 48.4 Å². The van der Waals surface area contributed by atoms with Gasteiger partial charge in [0.15, 0.2) is 11.0 Å². The number of nitrogens with zero attached hydrogens (tertiary/aromatic N) is 1. The van der Waals surface area contributed by atoms with Crippen LogP contribution in [0.2, 0.25) is 5.22 Å². The van der Waals surface area contributed by atoms with Gasteiger partial charge in [0.05, 0.1) is 0 Å². The monoisotopic (exact) mass is 278 g/mol. The molecular formula is C14H15ClN2O2. The summed E-state index contributed by atoms with van der Waals surface area (Å²) in [5.41, 5.74) is 7.35. The summed E-state index contributed by atoms with van der Waals surface area (Å²) in [5, 5.41) is 0.215. The van der Waals surface area contributed by atoms with Gasteiger partial charge >= 0.3 is 0 Å². The van der Waals surface area contributed by atoms with E-state index in [1.54, 1.807) is 17.0 Å². The Labute approximate surface area is 116 Å². The van der Waals surface area contributed by atoms with Gasteiger partial charge in [0, 0.05) is 18.8 Å². The Morgan fingerprint density at radius 2 is 1.95 bits per heavy atom. The Balaban J connectivity index is 2.11. The smallest absolute Gasteiger partial charge is 0.289 e. The summed E-state index contributed by atoms with van der Waals surface area (Å²) >= 11 is 5.68. The van der Waals surface area contributed by atoms with Crippen molar-refractivity contribution in [2.24, 2.45) is 0 Å². The van der Waals surface area contributed by atoms with E-state index in [0.717, 1.165) is 5.56 Å². The van der Waals surface area contributed by atoms with Crippen LogP contribution in [0, 0.1) is 0 Å². The maximum absolute atomic E-state index is 12.2. The highest BCUT2D eigenvalue weighted by molar-refractivity contribution is 6.29. The van der Waals surface area contributed by atoms with Crippen LogP contribution in [-0.4, -0.2) is 17.4 Å². The number of halogens is 1. The molecule has 4 nitrogen and oxygen atoms in total. The molecule has 1 heterocycles. The molecule has 0 aliphatic carbocycles.